The zero-order valence-corrected chi connectivity index (χ0v) is 17.3. The zero-order chi connectivity index (χ0) is 20.2. The lowest BCUT2D eigenvalue weighted by Gasteiger charge is -2.10. The first kappa shape index (κ1) is 19.3. The Morgan fingerprint density at radius 3 is 2.55 bits per heavy atom. The average Bonchev–Trinajstić information content (AvgIpc) is 3.03. The molecule has 0 spiro atoms. The summed E-state index contributed by atoms with van der Waals surface area (Å²) >= 11 is 3.48. The molecule has 0 aliphatic rings. The van der Waals surface area contributed by atoms with Gasteiger partial charge in [0, 0.05) is 28.1 Å². The van der Waals surface area contributed by atoms with E-state index < -0.39 is 5.97 Å². The van der Waals surface area contributed by atoms with Crippen molar-refractivity contribution in [2.24, 2.45) is 0 Å². The van der Waals surface area contributed by atoms with Gasteiger partial charge in [-0.2, -0.15) is 0 Å². The Morgan fingerprint density at radius 1 is 0.966 bits per heavy atom. The van der Waals surface area contributed by atoms with Crippen LogP contribution >= 0.6 is 15.9 Å². The Morgan fingerprint density at radius 2 is 1.76 bits per heavy atom. The number of carbonyl (C=O) groups is 1. The Hall–Kier alpha value is -3.05. The first-order chi connectivity index (χ1) is 14.1. The van der Waals surface area contributed by atoms with Crippen LogP contribution in [0.2, 0.25) is 0 Å². The molecule has 0 unspecified atom stereocenters. The van der Waals surface area contributed by atoms with E-state index in [1.807, 2.05) is 72.9 Å². The molecule has 5 heteroatoms. The topological polar surface area (TPSA) is 51.5 Å². The van der Waals surface area contributed by atoms with Gasteiger partial charge in [0.1, 0.15) is 12.4 Å². The number of hydrogen-bond donors (Lipinski definition) is 1. The van der Waals surface area contributed by atoms with E-state index >= 15 is 0 Å². The second kappa shape index (κ2) is 8.53. The van der Waals surface area contributed by atoms with Crippen molar-refractivity contribution < 1.29 is 14.6 Å². The van der Waals surface area contributed by atoms with Gasteiger partial charge in [0.25, 0.3) is 0 Å². The minimum Gasteiger partial charge on any atom is -0.489 e. The van der Waals surface area contributed by atoms with Gasteiger partial charge in [-0.1, -0.05) is 58.4 Å². The van der Waals surface area contributed by atoms with Gasteiger partial charge in [0.2, 0.25) is 0 Å². The lowest BCUT2D eigenvalue weighted by atomic mass is 10.1. The Kier molecular flexibility index (Phi) is 5.67. The van der Waals surface area contributed by atoms with Crippen LogP contribution in [0, 0.1) is 0 Å². The van der Waals surface area contributed by atoms with E-state index in [1.165, 1.54) is 0 Å². The summed E-state index contributed by atoms with van der Waals surface area (Å²) in [6.45, 7) is 1.16. The van der Waals surface area contributed by atoms with E-state index in [2.05, 4.69) is 26.6 Å². The molecule has 4 rings (SSSR count). The maximum atomic E-state index is 11.3. The third-order valence-electron chi connectivity index (χ3n) is 4.77. The lowest BCUT2D eigenvalue weighted by molar-refractivity contribution is -0.136. The summed E-state index contributed by atoms with van der Waals surface area (Å²) in [5.41, 5.74) is 4.04. The molecule has 0 fully saturated rings. The van der Waals surface area contributed by atoms with Gasteiger partial charge in [-0.3, -0.25) is 4.79 Å². The number of rotatable bonds is 7. The Balaban J connectivity index is 1.57. The number of carboxylic acid groups (broad SMARTS) is 1. The molecule has 0 atom stereocenters. The molecule has 146 valence electrons. The molecule has 0 saturated heterocycles. The fourth-order valence-corrected chi connectivity index (χ4v) is 3.81. The predicted octanol–water partition coefficient (Wildman–Crippen LogP) is 5.66. The number of ether oxygens (including phenoxy) is 1. The minimum absolute atomic E-state index is 0.000178. The maximum Gasteiger partial charge on any atom is 0.307 e. The molecule has 4 aromatic rings. The van der Waals surface area contributed by atoms with Crippen molar-refractivity contribution in [3.05, 3.63) is 100 Å². The van der Waals surface area contributed by atoms with Crippen LogP contribution in [0.1, 0.15) is 16.7 Å². The van der Waals surface area contributed by atoms with Crippen LogP contribution in [0.25, 0.3) is 10.9 Å². The van der Waals surface area contributed by atoms with Crippen LogP contribution in [0.4, 0.5) is 0 Å². The number of halogens is 1. The Bertz CT molecular complexity index is 1150. The van der Waals surface area contributed by atoms with Crippen LogP contribution in [0.5, 0.6) is 5.75 Å². The fourth-order valence-electron chi connectivity index (χ4n) is 3.45. The maximum absolute atomic E-state index is 11.3. The van der Waals surface area contributed by atoms with E-state index in [0.29, 0.717) is 13.2 Å². The largest absolute Gasteiger partial charge is 0.489 e. The average molecular weight is 450 g/mol. The van der Waals surface area contributed by atoms with Crippen molar-refractivity contribution in [2.45, 2.75) is 19.6 Å². The Labute approximate surface area is 177 Å². The van der Waals surface area contributed by atoms with Crippen molar-refractivity contribution in [1.82, 2.24) is 4.57 Å². The molecule has 0 radical (unpaired) electrons. The van der Waals surface area contributed by atoms with E-state index in [1.54, 1.807) is 0 Å². The number of aliphatic carboxylic acids is 1. The van der Waals surface area contributed by atoms with Crippen molar-refractivity contribution >= 4 is 32.8 Å². The van der Waals surface area contributed by atoms with E-state index in [-0.39, 0.29) is 6.42 Å². The first-order valence-corrected chi connectivity index (χ1v) is 10.1. The van der Waals surface area contributed by atoms with Crippen molar-refractivity contribution in [2.75, 3.05) is 0 Å². The normalized spacial score (nSPS) is 10.9. The fraction of sp³-hybridized carbons (Fsp3) is 0.125. The number of hydrogen-bond acceptors (Lipinski definition) is 2. The molecule has 4 nitrogen and oxygen atoms in total. The SMILES string of the molecule is O=C(O)Cc1cn(Cc2cccc(OCc3ccccc3)c2)c2ccc(Br)cc12. The zero-order valence-electron chi connectivity index (χ0n) is 15.7. The monoisotopic (exact) mass is 449 g/mol. The van der Waals surface area contributed by atoms with Crippen molar-refractivity contribution in [1.29, 1.82) is 0 Å². The molecular formula is C24H20BrNO3. The van der Waals surface area contributed by atoms with Gasteiger partial charge in [-0.25, -0.2) is 0 Å². The molecule has 0 aliphatic heterocycles. The van der Waals surface area contributed by atoms with Crippen LogP contribution in [-0.2, 0) is 24.4 Å². The minimum atomic E-state index is -0.833. The number of nitrogens with zero attached hydrogens (tertiary/aromatic N) is 1. The smallest absolute Gasteiger partial charge is 0.307 e. The van der Waals surface area contributed by atoms with Gasteiger partial charge >= 0.3 is 5.97 Å². The van der Waals surface area contributed by atoms with Crippen LogP contribution in [0.3, 0.4) is 0 Å². The summed E-state index contributed by atoms with van der Waals surface area (Å²) in [6.07, 6.45) is 1.93. The number of benzene rings is 3. The summed E-state index contributed by atoms with van der Waals surface area (Å²) in [7, 11) is 0. The van der Waals surface area contributed by atoms with Crippen LogP contribution in [-0.4, -0.2) is 15.6 Å². The molecule has 29 heavy (non-hydrogen) atoms. The predicted molar refractivity (Wildman–Crippen MR) is 117 cm³/mol. The van der Waals surface area contributed by atoms with Crippen molar-refractivity contribution in [3.63, 3.8) is 0 Å². The number of aromatic nitrogens is 1. The highest BCUT2D eigenvalue weighted by Crippen LogP contribution is 2.27. The second-order valence-corrected chi connectivity index (χ2v) is 7.85. The molecular weight excluding hydrogens is 430 g/mol. The summed E-state index contributed by atoms with van der Waals surface area (Å²) in [5, 5.41) is 10.2. The van der Waals surface area contributed by atoms with E-state index in [9.17, 15) is 9.90 Å². The summed E-state index contributed by atoms with van der Waals surface area (Å²) in [6, 6.07) is 24.1. The summed E-state index contributed by atoms with van der Waals surface area (Å²) in [5.74, 6) is -0.0170. The molecule has 3 aromatic carbocycles. The highest BCUT2D eigenvalue weighted by molar-refractivity contribution is 9.10. The third kappa shape index (κ3) is 4.69. The summed E-state index contributed by atoms with van der Waals surface area (Å²) < 4.78 is 8.97. The molecule has 1 N–H and O–H groups in total. The lowest BCUT2D eigenvalue weighted by Crippen LogP contribution is -2.01. The number of carboxylic acids is 1. The van der Waals surface area contributed by atoms with Gasteiger partial charge < -0.3 is 14.4 Å². The molecule has 1 heterocycles. The molecule has 1 aromatic heterocycles. The summed E-state index contributed by atoms with van der Waals surface area (Å²) in [4.78, 5) is 11.3. The van der Waals surface area contributed by atoms with E-state index in [0.717, 1.165) is 37.8 Å². The van der Waals surface area contributed by atoms with Crippen LogP contribution < -0.4 is 4.74 Å². The van der Waals surface area contributed by atoms with Gasteiger partial charge in [-0.05, 0) is 47.0 Å². The van der Waals surface area contributed by atoms with Gasteiger partial charge in [0.15, 0.2) is 0 Å². The van der Waals surface area contributed by atoms with E-state index in [4.69, 9.17) is 4.74 Å². The molecule has 0 saturated carbocycles. The highest BCUT2D eigenvalue weighted by atomic mass is 79.9. The number of fused-ring (bicyclic) bond motifs is 1. The standard InChI is InChI=1S/C24H20BrNO3/c25-20-9-10-23-22(13-20)19(12-24(27)28)15-26(23)14-18-7-4-8-21(11-18)29-16-17-5-2-1-3-6-17/h1-11,13,15H,12,14,16H2,(H,27,28). The van der Waals surface area contributed by atoms with Gasteiger partial charge in [-0.15, -0.1) is 0 Å². The quantitative estimate of drug-likeness (QED) is 0.396. The highest BCUT2D eigenvalue weighted by Gasteiger charge is 2.12. The second-order valence-electron chi connectivity index (χ2n) is 6.94. The third-order valence-corrected chi connectivity index (χ3v) is 5.26. The molecule has 0 aliphatic carbocycles. The molecule has 0 amide bonds. The first-order valence-electron chi connectivity index (χ1n) is 9.33. The van der Waals surface area contributed by atoms with Crippen LogP contribution in [0.15, 0.2) is 83.5 Å². The van der Waals surface area contributed by atoms with Crippen molar-refractivity contribution in [3.8, 4) is 5.75 Å². The van der Waals surface area contributed by atoms with Gasteiger partial charge in [0.05, 0.1) is 6.42 Å². The molecule has 0 bridgehead atoms.